The van der Waals surface area contributed by atoms with Crippen LogP contribution in [0.15, 0.2) is 60.3 Å². The lowest BCUT2D eigenvalue weighted by Crippen LogP contribution is -2.42. The molecule has 0 spiro atoms. The van der Waals surface area contributed by atoms with E-state index in [1.807, 2.05) is 29.2 Å². The van der Waals surface area contributed by atoms with Crippen molar-refractivity contribution < 1.29 is 14.3 Å². The molecule has 5 rings (SSSR count). The molecule has 2 amide bonds. The van der Waals surface area contributed by atoms with Gasteiger partial charge in [-0.1, -0.05) is 30.7 Å². The Morgan fingerprint density at radius 2 is 2.00 bits per heavy atom. The highest BCUT2D eigenvalue weighted by Crippen LogP contribution is 2.39. The highest BCUT2D eigenvalue weighted by Gasteiger charge is 2.25. The Morgan fingerprint density at radius 3 is 2.69 bits per heavy atom. The summed E-state index contributed by atoms with van der Waals surface area (Å²) >= 11 is 0. The summed E-state index contributed by atoms with van der Waals surface area (Å²) in [5.41, 5.74) is 3.55. The molecule has 8 nitrogen and oxygen atoms in total. The van der Waals surface area contributed by atoms with Crippen LogP contribution in [0.3, 0.4) is 0 Å². The SMILES string of the molecule is COc1ccc(NC(=O)N2CCC(=Cc3cccc(Oc4ccc(C5CC5)nc4)c3)C(C)C2)nn1. The van der Waals surface area contributed by atoms with Gasteiger partial charge >= 0.3 is 6.03 Å². The van der Waals surface area contributed by atoms with Gasteiger partial charge in [-0.05, 0) is 61.1 Å². The number of urea groups is 1. The zero-order chi connectivity index (χ0) is 24.2. The molecule has 1 aliphatic heterocycles. The Bertz CT molecular complexity index is 1210. The van der Waals surface area contributed by atoms with Crippen LogP contribution in [0.1, 0.15) is 43.4 Å². The van der Waals surface area contributed by atoms with Crippen molar-refractivity contribution in [3.05, 3.63) is 71.6 Å². The van der Waals surface area contributed by atoms with Gasteiger partial charge in [0.05, 0.1) is 13.3 Å². The molecule has 35 heavy (non-hydrogen) atoms. The smallest absolute Gasteiger partial charge is 0.323 e. The van der Waals surface area contributed by atoms with E-state index in [4.69, 9.17) is 9.47 Å². The minimum absolute atomic E-state index is 0.174. The van der Waals surface area contributed by atoms with E-state index in [1.165, 1.54) is 25.5 Å². The van der Waals surface area contributed by atoms with Crippen LogP contribution in [0, 0.1) is 5.92 Å². The van der Waals surface area contributed by atoms with E-state index in [0.29, 0.717) is 30.7 Å². The van der Waals surface area contributed by atoms with Crippen molar-refractivity contribution in [1.29, 1.82) is 0 Å². The molecule has 1 saturated carbocycles. The van der Waals surface area contributed by atoms with E-state index in [0.717, 1.165) is 29.2 Å². The van der Waals surface area contributed by atoms with Crippen molar-refractivity contribution >= 4 is 17.9 Å². The number of amides is 2. The first kappa shape index (κ1) is 22.8. The van der Waals surface area contributed by atoms with E-state index in [1.54, 1.807) is 18.3 Å². The number of benzene rings is 1. The predicted molar refractivity (Wildman–Crippen MR) is 134 cm³/mol. The first-order valence-electron chi connectivity index (χ1n) is 12.0. The Balaban J connectivity index is 1.19. The third-order valence-electron chi connectivity index (χ3n) is 6.37. The Hall–Kier alpha value is -3.94. The van der Waals surface area contributed by atoms with Crippen molar-refractivity contribution in [2.24, 2.45) is 5.92 Å². The van der Waals surface area contributed by atoms with Crippen LogP contribution in [0.2, 0.25) is 0 Å². The van der Waals surface area contributed by atoms with Crippen LogP contribution >= 0.6 is 0 Å². The molecule has 2 fully saturated rings. The minimum Gasteiger partial charge on any atom is -0.480 e. The lowest BCUT2D eigenvalue weighted by Gasteiger charge is -2.33. The number of hydrogen-bond acceptors (Lipinski definition) is 6. The second kappa shape index (κ2) is 10.1. The molecular weight excluding hydrogens is 442 g/mol. The first-order chi connectivity index (χ1) is 17.1. The molecule has 1 saturated heterocycles. The molecule has 2 aromatic heterocycles. The zero-order valence-corrected chi connectivity index (χ0v) is 20.0. The number of nitrogens with one attached hydrogen (secondary N) is 1. The maximum Gasteiger partial charge on any atom is 0.323 e. The van der Waals surface area contributed by atoms with Crippen molar-refractivity contribution in [2.75, 3.05) is 25.5 Å². The fourth-order valence-corrected chi connectivity index (χ4v) is 4.22. The largest absolute Gasteiger partial charge is 0.480 e. The molecule has 2 aliphatic rings. The van der Waals surface area contributed by atoms with E-state index < -0.39 is 0 Å². The molecule has 3 aromatic rings. The van der Waals surface area contributed by atoms with Crippen molar-refractivity contribution in [3.63, 3.8) is 0 Å². The monoisotopic (exact) mass is 471 g/mol. The van der Waals surface area contributed by atoms with E-state index in [2.05, 4.69) is 45.6 Å². The zero-order valence-electron chi connectivity index (χ0n) is 20.0. The predicted octanol–water partition coefficient (Wildman–Crippen LogP) is 5.51. The summed E-state index contributed by atoms with van der Waals surface area (Å²) in [5, 5.41) is 10.7. The number of ether oxygens (including phenoxy) is 2. The van der Waals surface area contributed by atoms with Gasteiger partial charge in [0.15, 0.2) is 5.82 Å². The number of nitrogens with zero attached hydrogens (tertiary/aromatic N) is 4. The van der Waals surface area contributed by atoms with E-state index in [-0.39, 0.29) is 11.9 Å². The molecule has 3 heterocycles. The fraction of sp³-hybridized carbons (Fsp3) is 0.333. The van der Waals surface area contributed by atoms with Crippen LogP contribution in [0.25, 0.3) is 6.08 Å². The number of aromatic nitrogens is 3. The van der Waals surface area contributed by atoms with Crippen molar-refractivity contribution in [2.45, 2.75) is 32.1 Å². The molecule has 1 aliphatic carbocycles. The number of rotatable bonds is 6. The van der Waals surface area contributed by atoms with Crippen molar-refractivity contribution in [1.82, 2.24) is 20.1 Å². The van der Waals surface area contributed by atoms with Crippen molar-refractivity contribution in [3.8, 4) is 17.4 Å². The van der Waals surface area contributed by atoms with E-state index >= 15 is 0 Å². The summed E-state index contributed by atoms with van der Waals surface area (Å²) in [7, 11) is 1.52. The number of likely N-dealkylation sites (tertiary alicyclic amines) is 1. The minimum atomic E-state index is -0.174. The number of pyridine rings is 1. The molecule has 1 unspecified atom stereocenters. The summed E-state index contributed by atoms with van der Waals surface area (Å²) in [6.45, 7) is 3.42. The average Bonchev–Trinajstić information content (AvgIpc) is 3.72. The number of hydrogen-bond donors (Lipinski definition) is 1. The number of piperidine rings is 1. The summed E-state index contributed by atoms with van der Waals surface area (Å²) in [6.07, 6.45) is 7.29. The van der Waals surface area contributed by atoms with Crippen LogP contribution in [0.5, 0.6) is 17.4 Å². The average molecular weight is 472 g/mol. The molecular formula is C27H29N5O3. The fourth-order valence-electron chi connectivity index (χ4n) is 4.22. The van der Waals surface area contributed by atoms with Gasteiger partial charge < -0.3 is 14.4 Å². The normalized spacial score (nSPS) is 18.9. The third-order valence-corrected chi connectivity index (χ3v) is 6.37. The third kappa shape index (κ3) is 5.77. The second-order valence-electron chi connectivity index (χ2n) is 9.07. The highest BCUT2D eigenvalue weighted by atomic mass is 16.5. The van der Waals surface area contributed by atoms with Gasteiger partial charge in [-0.15, -0.1) is 10.2 Å². The van der Waals surface area contributed by atoms with Gasteiger partial charge in [-0.2, -0.15) is 0 Å². The maximum absolute atomic E-state index is 12.7. The second-order valence-corrected chi connectivity index (χ2v) is 9.07. The van der Waals surface area contributed by atoms with Gasteiger partial charge in [-0.25, -0.2) is 4.79 Å². The Labute approximate surface area is 205 Å². The molecule has 180 valence electrons. The first-order valence-corrected chi connectivity index (χ1v) is 12.0. The summed E-state index contributed by atoms with van der Waals surface area (Å²) in [5.74, 6) is 3.20. The summed E-state index contributed by atoms with van der Waals surface area (Å²) in [4.78, 5) is 19.0. The number of methoxy groups -OCH3 is 1. The molecule has 0 radical (unpaired) electrons. The quantitative estimate of drug-likeness (QED) is 0.510. The van der Waals surface area contributed by atoms with Crippen LogP contribution < -0.4 is 14.8 Å². The van der Waals surface area contributed by atoms with Crippen LogP contribution in [0.4, 0.5) is 10.6 Å². The van der Waals surface area contributed by atoms with Crippen LogP contribution in [-0.4, -0.2) is 46.3 Å². The van der Waals surface area contributed by atoms with E-state index in [9.17, 15) is 4.79 Å². The Morgan fingerprint density at radius 1 is 1.11 bits per heavy atom. The lowest BCUT2D eigenvalue weighted by atomic mass is 9.91. The van der Waals surface area contributed by atoms with Gasteiger partial charge in [0, 0.05) is 30.8 Å². The van der Waals surface area contributed by atoms with Gasteiger partial charge in [0.2, 0.25) is 5.88 Å². The summed E-state index contributed by atoms with van der Waals surface area (Å²) in [6, 6.07) is 15.3. The standard InChI is InChI=1S/C27H29N5O3/c1-18-17-32(27(33)29-25-10-11-26(34-2)31-30-25)13-12-21(18)14-19-4-3-5-22(15-19)35-23-8-9-24(28-16-23)20-6-7-20/h3-5,8-11,14-16,18,20H,6-7,12-13,17H2,1-2H3,(H,29,30,33). The van der Waals surface area contributed by atoms with Crippen LogP contribution in [-0.2, 0) is 0 Å². The lowest BCUT2D eigenvalue weighted by molar-refractivity contribution is 0.197. The molecule has 1 N–H and O–H groups in total. The Kier molecular flexibility index (Phi) is 6.61. The molecule has 1 aromatic carbocycles. The molecule has 8 heteroatoms. The van der Waals surface area contributed by atoms with Gasteiger partial charge in [0.1, 0.15) is 11.5 Å². The number of carbonyl (C=O) groups is 1. The summed E-state index contributed by atoms with van der Waals surface area (Å²) < 4.78 is 11.0. The topological polar surface area (TPSA) is 89.5 Å². The number of carbonyl (C=O) groups excluding carboxylic acids is 1. The number of anilines is 1. The van der Waals surface area contributed by atoms with Gasteiger partial charge in [-0.3, -0.25) is 10.3 Å². The highest BCUT2D eigenvalue weighted by molar-refractivity contribution is 5.88. The molecule has 0 bridgehead atoms. The van der Waals surface area contributed by atoms with Gasteiger partial charge in [0.25, 0.3) is 0 Å². The maximum atomic E-state index is 12.7. The molecule has 1 atom stereocenters.